The number of H-pyrrole nitrogens is 1. The molecule has 0 radical (unpaired) electrons. The Kier molecular flexibility index (Phi) is 6.14. The summed E-state index contributed by atoms with van der Waals surface area (Å²) in [5.41, 5.74) is 5.09. The van der Waals surface area contributed by atoms with Crippen LogP contribution >= 0.6 is 0 Å². The number of anilines is 2. The first-order valence-electron chi connectivity index (χ1n) is 6.56. The van der Waals surface area contributed by atoms with Crippen LogP contribution in [0.1, 0.15) is 26.7 Å². The van der Waals surface area contributed by atoms with Crippen molar-refractivity contribution < 1.29 is 4.74 Å². The minimum Gasteiger partial charge on any atom is -0.383 e. The van der Waals surface area contributed by atoms with Crippen LogP contribution in [0.25, 0.3) is 0 Å². The zero-order valence-electron chi connectivity index (χ0n) is 11.5. The van der Waals surface area contributed by atoms with Gasteiger partial charge in [0.05, 0.1) is 0 Å². The fraction of sp³-hybridized carbons (Fsp3) is 0.667. The topological polar surface area (TPSA) is 102 Å². The minimum absolute atomic E-state index is 0.172. The van der Waals surface area contributed by atoms with E-state index in [0.29, 0.717) is 19.7 Å². The second kappa shape index (κ2) is 7.63. The molecule has 0 aliphatic carbocycles. The van der Waals surface area contributed by atoms with E-state index in [1.54, 1.807) is 6.92 Å². The van der Waals surface area contributed by atoms with E-state index in [9.17, 15) is 9.59 Å². The van der Waals surface area contributed by atoms with Crippen molar-refractivity contribution in [2.24, 2.45) is 0 Å². The van der Waals surface area contributed by atoms with Crippen molar-refractivity contribution in [3.8, 4) is 0 Å². The van der Waals surface area contributed by atoms with Gasteiger partial charge in [0.1, 0.15) is 11.5 Å². The molecule has 0 aliphatic rings. The van der Waals surface area contributed by atoms with E-state index in [4.69, 9.17) is 10.5 Å². The number of nitrogens with one attached hydrogen (secondary N) is 2. The zero-order chi connectivity index (χ0) is 14.3. The summed E-state index contributed by atoms with van der Waals surface area (Å²) < 4.78 is 6.65. The number of aromatic amines is 1. The maximum absolute atomic E-state index is 11.7. The van der Waals surface area contributed by atoms with Crippen LogP contribution in [0.5, 0.6) is 0 Å². The molecular formula is C12H22N4O3. The van der Waals surface area contributed by atoms with Crippen LogP contribution in [-0.4, -0.2) is 29.3 Å². The van der Waals surface area contributed by atoms with Crippen LogP contribution in [-0.2, 0) is 11.3 Å². The van der Waals surface area contributed by atoms with Crippen molar-refractivity contribution in [3.05, 3.63) is 20.8 Å². The maximum atomic E-state index is 11.7. The maximum Gasteiger partial charge on any atom is 0.330 e. The fourth-order valence-corrected chi connectivity index (χ4v) is 1.71. The van der Waals surface area contributed by atoms with Crippen LogP contribution in [0, 0.1) is 0 Å². The van der Waals surface area contributed by atoms with Gasteiger partial charge in [-0.1, -0.05) is 6.92 Å². The fourth-order valence-electron chi connectivity index (χ4n) is 1.71. The number of nitrogens with two attached hydrogens (primary N) is 1. The van der Waals surface area contributed by atoms with Gasteiger partial charge in [0.25, 0.3) is 5.56 Å². The van der Waals surface area contributed by atoms with Crippen molar-refractivity contribution in [3.63, 3.8) is 0 Å². The average molecular weight is 270 g/mol. The zero-order valence-corrected chi connectivity index (χ0v) is 11.5. The molecule has 19 heavy (non-hydrogen) atoms. The van der Waals surface area contributed by atoms with E-state index in [1.807, 2.05) is 6.92 Å². The number of ether oxygens (including phenoxy) is 1. The van der Waals surface area contributed by atoms with E-state index >= 15 is 0 Å². The number of aromatic nitrogens is 2. The Labute approximate surface area is 111 Å². The lowest BCUT2D eigenvalue weighted by Gasteiger charge is -2.12. The highest BCUT2D eigenvalue weighted by molar-refractivity contribution is 5.60. The number of rotatable bonds is 8. The van der Waals surface area contributed by atoms with Crippen molar-refractivity contribution in [2.75, 3.05) is 30.8 Å². The monoisotopic (exact) mass is 270 g/mol. The van der Waals surface area contributed by atoms with Gasteiger partial charge in [0.15, 0.2) is 0 Å². The molecule has 1 rings (SSSR count). The molecule has 1 aromatic rings. The molecule has 0 aliphatic heterocycles. The summed E-state index contributed by atoms with van der Waals surface area (Å²) in [5, 5.41) is 2.95. The normalized spacial score (nSPS) is 10.6. The smallest absolute Gasteiger partial charge is 0.330 e. The molecule has 0 unspecified atom stereocenters. The highest BCUT2D eigenvalue weighted by Gasteiger charge is 2.10. The van der Waals surface area contributed by atoms with Crippen LogP contribution in [0.2, 0.25) is 0 Å². The second-order valence-corrected chi connectivity index (χ2v) is 4.16. The molecule has 7 heteroatoms. The van der Waals surface area contributed by atoms with Crippen molar-refractivity contribution in [2.45, 2.75) is 33.2 Å². The first-order valence-corrected chi connectivity index (χ1v) is 6.56. The largest absolute Gasteiger partial charge is 0.383 e. The summed E-state index contributed by atoms with van der Waals surface area (Å²) >= 11 is 0. The molecule has 1 aromatic heterocycles. The molecule has 0 fully saturated rings. The average Bonchev–Trinajstić information content (AvgIpc) is 2.37. The quantitative estimate of drug-likeness (QED) is 0.592. The summed E-state index contributed by atoms with van der Waals surface area (Å²) in [6.45, 7) is 6.19. The molecule has 7 nitrogen and oxygen atoms in total. The molecular weight excluding hydrogens is 248 g/mol. The van der Waals surface area contributed by atoms with Gasteiger partial charge in [-0.25, -0.2) is 4.79 Å². The minimum atomic E-state index is -0.485. The first kappa shape index (κ1) is 15.3. The summed E-state index contributed by atoms with van der Waals surface area (Å²) in [4.78, 5) is 25.4. The van der Waals surface area contributed by atoms with Crippen LogP contribution in [0.3, 0.4) is 0 Å². The number of hydrogen-bond acceptors (Lipinski definition) is 5. The van der Waals surface area contributed by atoms with Crippen molar-refractivity contribution in [1.29, 1.82) is 0 Å². The first-order chi connectivity index (χ1) is 9.11. The van der Waals surface area contributed by atoms with E-state index < -0.39 is 11.2 Å². The molecule has 0 aromatic carbocycles. The lowest BCUT2D eigenvalue weighted by molar-refractivity contribution is 0.134. The Morgan fingerprint density at radius 3 is 2.68 bits per heavy atom. The van der Waals surface area contributed by atoms with Gasteiger partial charge in [-0.05, 0) is 19.8 Å². The van der Waals surface area contributed by atoms with E-state index in [2.05, 4.69) is 10.3 Å². The lowest BCUT2D eigenvalue weighted by atomic mass is 10.4. The third kappa shape index (κ3) is 4.13. The van der Waals surface area contributed by atoms with Crippen LogP contribution < -0.4 is 22.3 Å². The summed E-state index contributed by atoms with van der Waals surface area (Å²) in [6.07, 6.45) is 1.76. The third-order valence-corrected chi connectivity index (χ3v) is 2.67. The highest BCUT2D eigenvalue weighted by atomic mass is 16.5. The Hall–Kier alpha value is -1.76. The van der Waals surface area contributed by atoms with E-state index in [1.165, 1.54) is 4.57 Å². The molecule has 4 N–H and O–H groups in total. The summed E-state index contributed by atoms with van der Waals surface area (Å²) in [6, 6.07) is 0. The predicted molar refractivity (Wildman–Crippen MR) is 75.6 cm³/mol. The van der Waals surface area contributed by atoms with E-state index in [0.717, 1.165) is 19.4 Å². The summed E-state index contributed by atoms with van der Waals surface area (Å²) in [7, 11) is 0. The third-order valence-electron chi connectivity index (χ3n) is 2.67. The van der Waals surface area contributed by atoms with Gasteiger partial charge in [0, 0.05) is 26.3 Å². The number of nitrogens with zero attached hydrogens (tertiary/aromatic N) is 1. The van der Waals surface area contributed by atoms with Gasteiger partial charge in [0.2, 0.25) is 0 Å². The molecule has 0 saturated carbocycles. The molecule has 0 spiro atoms. The standard InChI is InChI=1S/C12H22N4O3/c1-3-7-19-8-5-6-14-9-10(13)16(4-2)12(18)15-11(9)17/h14H,3-8,13H2,1-2H3,(H,15,17,18). The van der Waals surface area contributed by atoms with Gasteiger partial charge < -0.3 is 15.8 Å². The predicted octanol–water partition coefficient (Wildman–Crippen LogP) is 0.367. The second-order valence-electron chi connectivity index (χ2n) is 4.16. The molecule has 0 atom stereocenters. The molecule has 0 bridgehead atoms. The Morgan fingerprint density at radius 1 is 1.32 bits per heavy atom. The van der Waals surface area contributed by atoms with E-state index in [-0.39, 0.29) is 11.5 Å². The van der Waals surface area contributed by atoms with Crippen LogP contribution in [0.15, 0.2) is 9.59 Å². The molecule has 0 saturated heterocycles. The molecule has 1 heterocycles. The Morgan fingerprint density at radius 2 is 2.05 bits per heavy atom. The number of nitrogen functional groups attached to an aromatic ring is 1. The molecule has 108 valence electrons. The van der Waals surface area contributed by atoms with Crippen molar-refractivity contribution in [1.82, 2.24) is 9.55 Å². The summed E-state index contributed by atoms with van der Waals surface area (Å²) in [5.74, 6) is 0.172. The van der Waals surface area contributed by atoms with Gasteiger partial charge in [-0.2, -0.15) is 0 Å². The lowest BCUT2D eigenvalue weighted by Crippen LogP contribution is -2.33. The Bertz CT molecular complexity index is 507. The van der Waals surface area contributed by atoms with Crippen LogP contribution in [0.4, 0.5) is 11.5 Å². The van der Waals surface area contributed by atoms with Gasteiger partial charge in [-0.15, -0.1) is 0 Å². The Balaban J connectivity index is 2.64. The molecule has 0 amide bonds. The van der Waals surface area contributed by atoms with Crippen molar-refractivity contribution >= 4 is 11.5 Å². The SMILES string of the molecule is CCCOCCCNc1c(N)n(CC)c(=O)[nH]c1=O. The number of hydrogen-bond donors (Lipinski definition) is 3. The van der Waals surface area contributed by atoms with Gasteiger partial charge in [-0.3, -0.25) is 14.3 Å². The highest BCUT2D eigenvalue weighted by Crippen LogP contribution is 2.09. The van der Waals surface area contributed by atoms with Gasteiger partial charge >= 0.3 is 5.69 Å².